The van der Waals surface area contributed by atoms with Crippen molar-refractivity contribution >= 4 is 11.7 Å². The Balaban J connectivity index is 1.33. The van der Waals surface area contributed by atoms with Gasteiger partial charge < -0.3 is 9.80 Å². The Kier molecular flexibility index (Phi) is 3.36. The summed E-state index contributed by atoms with van der Waals surface area (Å²) in [6, 6.07) is 2.05. The van der Waals surface area contributed by atoms with Gasteiger partial charge in [-0.15, -0.1) is 0 Å². The van der Waals surface area contributed by atoms with Crippen molar-refractivity contribution in [2.45, 2.75) is 19.3 Å². The topological polar surface area (TPSA) is 70.0 Å². The number of aromatic nitrogens is 4. The van der Waals surface area contributed by atoms with Crippen LogP contribution < -0.4 is 4.90 Å². The molecule has 1 aliphatic heterocycles. The van der Waals surface area contributed by atoms with Crippen molar-refractivity contribution < 1.29 is 4.79 Å². The van der Waals surface area contributed by atoms with Crippen molar-refractivity contribution in [3.8, 4) is 0 Å². The lowest BCUT2D eigenvalue weighted by molar-refractivity contribution is -0.133. The molecule has 4 rings (SSSR count). The molecule has 0 radical (unpaired) electrons. The normalized spacial score (nSPS) is 24.1. The summed E-state index contributed by atoms with van der Waals surface area (Å²) in [4.78, 5) is 16.9. The summed E-state index contributed by atoms with van der Waals surface area (Å²) >= 11 is 0. The Labute approximate surface area is 135 Å². The molecule has 1 amide bonds. The van der Waals surface area contributed by atoms with Crippen LogP contribution in [0.3, 0.4) is 0 Å². The number of amides is 1. The van der Waals surface area contributed by atoms with Gasteiger partial charge in [0.2, 0.25) is 5.91 Å². The summed E-state index contributed by atoms with van der Waals surface area (Å²) in [5.41, 5.74) is 2.26. The summed E-state index contributed by atoms with van der Waals surface area (Å²) in [6.07, 6.45) is 4.87. The van der Waals surface area contributed by atoms with E-state index >= 15 is 0 Å². The number of anilines is 1. The third kappa shape index (κ3) is 2.71. The summed E-state index contributed by atoms with van der Waals surface area (Å²) in [5.74, 6) is 1.80. The molecule has 122 valence electrons. The Bertz CT molecular complexity index is 712. The smallest absolute Gasteiger partial charge is 0.226 e. The second kappa shape index (κ2) is 5.40. The fourth-order valence-electron chi connectivity index (χ4n) is 3.42. The molecule has 1 aliphatic carbocycles. The zero-order valence-electron chi connectivity index (χ0n) is 13.6. The van der Waals surface area contributed by atoms with E-state index in [-0.39, 0.29) is 5.92 Å². The Morgan fingerprint density at radius 3 is 2.70 bits per heavy atom. The van der Waals surface area contributed by atoms with E-state index in [0.29, 0.717) is 11.8 Å². The largest absolute Gasteiger partial charge is 0.352 e. The standard InChI is InChI=1S/C16H22N6O/c1-11-7-15(19-18-11)21-3-5-22(6-4-21)16(23)14-8-13(14)12-9-17-20(2)10-12/h7,9-10,13-14H,3-6,8H2,1-2H3,(H,18,19)/t13-,14+/m0/s1. The first kappa shape index (κ1) is 14.3. The Morgan fingerprint density at radius 1 is 1.30 bits per heavy atom. The van der Waals surface area contributed by atoms with Crippen LogP contribution in [0.5, 0.6) is 0 Å². The molecular formula is C16H22N6O. The summed E-state index contributed by atoms with van der Waals surface area (Å²) < 4.78 is 1.81. The molecule has 0 unspecified atom stereocenters. The van der Waals surface area contributed by atoms with Gasteiger partial charge in [-0.25, -0.2) is 0 Å². The summed E-state index contributed by atoms with van der Waals surface area (Å²) in [6.45, 7) is 5.25. The van der Waals surface area contributed by atoms with Gasteiger partial charge in [0.1, 0.15) is 0 Å². The fraction of sp³-hybridized carbons (Fsp3) is 0.562. The van der Waals surface area contributed by atoms with Crippen molar-refractivity contribution in [3.63, 3.8) is 0 Å². The average molecular weight is 314 g/mol. The van der Waals surface area contributed by atoms with E-state index in [1.165, 1.54) is 5.56 Å². The third-order valence-electron chi connectivity index (χ3n) is 4.87. The monoisotopic (exact) mass is 314 g/mol. The predicted octanol–water partition coefficient (Wildman–Crippen LogP) is 0.904. The lowest BCUT2D eigenvalue weighted by Crippen LogP contribution is -2.49. The van der Waals surface area contributed by atoms with Gasteiger partial charge in [0.05, 0.1) is 6.20 Å². The van der Waals surface area contributed by atoms with E-state index in [1.54, 1.807) is 4.68 Å². The molecule has 23 heavy (non-hydrogen) atoms. The minimum absolute atomic E-state index is 0.151. The van der Waals surface area contributed by atoms with Crippen molar-refractivity contribution in [3.05, 3.63) is 29.7 Å². The quantitative estimate of drug-likeness (QED) is 0.914. The van der Waals surface area contributed by atoms with E-state index in [1.807, 2.05) is 31.3 Å². The third-order valence-corrected chi connectivity index (χ3v) is 4.87. The van der Waals surface area contributed by atoms with E-state index in [9.17, 15) is 4.79 Å². The first-order valence-corrected chi connectivity index (χ1v) is 8.16. The maximum absolute atomic E-state index is 12.7. The Morgan fingerprint density at radius 2 is 2.09 bits per heavy atom. The van der Waals surface area contributed by atoms with Crippen molar-refractivity contribution in [2.75, 3.05) is 31.1 Å². The number of carbonyl (C=O) groups excluding carboxylic acids is 1. The van der Waals surface area contributed by atoms with Crippen LogP contribution in [0.25, 0.3) is 0 Å². The van der Waals surface area contributed by atoms with Crippen LogP contribution in [0, 0.1) is 12.8 Å². The van der Waals surface area contributed by atoms with Gasteiger partial charge in [-0.3, -0.25) is 14.6 Å². The second-order valence-corrected chi connectivity index (χ2v) is 6.62. The molecule has 1 saturated carbocycles. The molecule has 2 aromatic rings. The van der Waals surface area contributed by atoms with Crippen molar-refractivity contribution in [2.24, 2.45) is 13.0 Å². The van der Waals surface area contributed by atoms with Crippen LogP contribution in [-0.2, 0) is 11.8 Å². The molecule has 3 heterocycles. The molecule has 2 aromatic heterocycles. The molecule has 2 aliphatic rings. The molecule has 0 aromatic carbocycles. The van der Waals surface area contributed by atoms with E-state index < -0.39 is 0 Å². The van der Waals surface area contributed by atoms with Crippen LogP contribution in [0.1, 0.15) is 23.6 Å². The van der Waals surface area contributed by atoms with Gasteiger partial charge in [0.15, 0.2) is 5.82 Å². The van der Waals surface area contributed by atoms with E-state index in [2.05, 4.69) is 26.3 Å². The van der Waals surface area contributed by atoms with Gasteiger partial charge in [0.25, 0.3) is 0 Å². The number of aryl methyl sites for hydroxylation is 2. The first-order chi connectivity index (χ1) is 11.1. The molecule has 2 fully saturated rings. The number of nitrogens with one attached hydrogen (secondary N) is 1. The highest BCUT2D eigenvalue weighted by atomic mass is 16.2. The second-order valence-electron chi connectivity index (χ2n) is 6.62. The summed E-state index contributed by atoms with van der Waals surface area (Å²) in [5, 5.41) is 11.5. The van der Waals surface area contributed by atoms with Crippen molar-refractivity contribution in [1.29, 1.82) is 0 Å². The van der Waals surface area contributed by atoms with Gasteiger partial charge >= 0.3 is 0 Å². The van der Waals surface area contributed by atoms with Crippen molar-refractivity contribution in [1.82, 2.24) is 24.9 Å². The minimum atomic E-state index is 0.151. The lowest BCUT2D eigenvalue weighted by Gasteiger charge is -2.35. The highest BCUT2D eigenvalue weighted by Gasteiger charge is 2.46. The van der Waals surface area contributed by atoms with Gasteiger partial charge in [-0.1, -0.05) is 0 Å². The number of H-pyrrole nitrogens is 1. The molecule has 0 bridgehead atoms. The molecular weight excluding hydrogens is 292 g/mol. The fourth-order valence-corrected chi connectivity index (χ4v) is 3.42. The zero-order valence-corrected chi connectivity index (χ0v) is 13.6. The molecule has 2 atom stereocenters. The first-order valence-electron chi connectivity index (χ1n) is 8.16. The summed E-state index contributed by atoms with van der Waals surface area (Å²) in [7, 11) is 1.92. The zero-order chi connectivity index (χ0) is 16.0. The van der Waals surface area contributed by atoms with Crippen LogP contribution >= 0.6 is 0 Å². The number of rotatable bonds is 3. The predicted molar refractivity (Wildman–Crippen MR) is 86.2 cm³/mol. The van der Waals surface area contributed by atoms with Crippen LogP contribution in [0.15, 0.2) is 18.5 Å². The number of hydrogen-bond donors (Lipinski definition) is 1. The van der Waals surface area contributed by atoms with Crippen LogP contribution in [0.4, 0.5) is 5.82 Å². The highest BCUT2D eigenvalue weighted by molar-refractivity contribution is 5.83. The maximum atomic E-state index is 12.7. The molecule has 1 saturated heterocycles. The number of hydrogen-bond acceptors (Lipinski definition) is 4. The highest BCUT2D eigenvalue weighted by Crippen LogP contribution is 2.48. The van der Waals surface area contributed by atoms with Gasteiger partial charge in [-0.05, 0) is 24.8 Å². The van der Waals surface area contributed by atoms with E-state index in [4.69, 9.17) is 0 Å². The SMILES string of the molecule is Cc1cc(N2CCN(C(=O)[C@@H]3C[C@H]3c3cnn(C)c3)CC2)n[nH]1. The van der Waals surface area contributed by atoms with Crippen LogP contribution in [-0.4, -0.2) is 57.0 Å². The van der Waals surface area contributed by atoms with E-state index in [0.717, 1.165) is 44.1 Å². The Hall–Kier alpha value is -2.31. The molecule has 7 nitrogen and oxygen atoms in total. The molecule has 0 spiro atoms. The number of piperazine rings is 1. The average Bonchev–Trinajstić information content (AvgIpc) is 3.05. The molecule has 1 N–H and O–H groups in total. The number of aromatic amines is 1. The number of carbonyl (C=O) groups is 1. The lowest BCUT2D eigenvalue weighted by atomic mass is 10.1. The number of nitrogens with zero attached hydrogens (tertiary/aromatic N) is 5. The molecule has 7 heteroatoms. The van der Waals surface area contributed by atoms with Gasteiger partial charge in [-0.2, -0.15) is 10.2 Å². The van der Waals surface area contributed by atoms with Gasteiger partial charge in [0, 0.05) is 57.1 Å². The minimum Gasteiger partial charge on any atom is -0.352 e. The van der Waals surface area contributed by atoms with Crippen LogP contribution in [0.2, 0.25) is 0 Å². The maximum Gasteiger partial charge on any atom is 0.226 e.